The molecular weight excluding hydrogens is 194 g/mol. The summed E-state index contributed by atoms with van der Waals surface area (Å²) >= 11 is 0. The Bertz CT molecular complexity index is 248. The van der Waals surface area contributed by atoms with E-state index in [2.05, 4.69) is 5.32 Å². The molecule has 1 heterocycles. The number of rotatable bonds is 7. The molecule has 0 spiro atoms. The minimum absolute atomic E-state index is 0.108. The van der Waals surface area contributed by atoms with Gasteiger partial charge in [0, 0.05) is 13.2 Å². The number of nitrogens with one attached hydrogen (secondary N) is 1. The molecule has 0 saturated carbocycles. The first-order valence-corrected chi connectivity index (χ1v) is 5.26. The molecule has 15 heavy (non-hydrogen) atoms. The number of furan rings is 1. The summed E-state index contributed by atoms with van der Waals surface area (Å²) < 4.78 is 10.3. The van der Waals surface area contributed by atoms with Crippen LogP contribution < -0.4 is 5.32 Å². The fourth-order valence-corrected chi connectivity index (χ4v) is 1.26. The van der Waals surface area contributed by atoms with Crippen LogP contribution >= 0.6 is 0 Å². The number of ether oxygens (including phenoxy) is 1. The zero-order chi connectivity index (χ0) is 11.1. The first-order chi connectivity index (χ1) is 7.24. The standard InChI is InChI=1S/C11H19NO3/c1-3-14-8-10(13)7-12-9(2)11-5-4-6-15-11/h4-6,9-10,12-13H,3,7-8H2,1-2H3. The van der Waals surface area contributed by atoms with E-state index in [1.807, 2.05) is 26.0 Å². The summed E-state index contributed by atoms with van der Waals surface area (Å²) in [7, 11) is 0. The van der Waals surface area contributed by atoms with E-state index in [9.17, 15) is 5.11 Å². The van der Waals surface area contributed by atoms with Crippen LogP contribution in [-0.4, -0.2) is 31.0 Å². The smallest absolute Gasteiger partial charge is 0.120 e. The van der Waals surface area contributed by atoms with Crippen molar-refractivity contribution in [3.05, 3.63) is 24.2 Å². The van der Waals surface area contributed by atoms with Crippen molar-refractivity contribution in [1.82, 2.24) is 5.32 Å². The molecule has 0 aliphatic rings. The quantitative estimate of drug-likeness (QED) is 0.717. The van der Waals surface area contributed by atoms with E-state index in [0.29, 0.717) is 19.8 Å². The van der Waals surface area contributed by atoms with E-state index < -0.39 is 6.10 Å². The highest BCUT2D eigenvalue weighted by Crippen LogP contribution is 2.11. The number of aliphatic hydroxyl groups excluding tert-OH is 1. The van der Waals surface area contributed by atoms with Crippen molar-refractivity contribution < 1.29 is 14.3 Å². The first kappa shape index (κ1) is 12.2. The predicted octanol–water partition coefficient (Wildman–Crippen LogP) is 1.33. The molecule has 0 aromatic carbocycles. The van der Waals surface area contributed by atoms with E-state index in [-0.39, 0.29) is 6.04 Å². The Hall–Kier alpha value is -0.840. The molecule has 0 aliphatic carbocycles. The lowest BCUT2D eigenvalue weighted by Crippen LogP contribution is -2.32. The van der Waals surface area contributed by atoms with Crippen molar-refractivity contribution >= 4 is 0 Å². The van der Waals surface area contributed by atoms with E-state index >= 15 is 0 Å². The highest BCUT2D eigenvalue weighted by Gasteiger charge is 2.10. The van der Waals surface area contributed by atoms with Crippen LogP contribution in [0.2, 0.25) is 0 Å². The third-order valence-electron chi connectivity index (χ3n) is 2.14. The molecule has 2 unspecified atom stereocenters. The highest BCUT2D eigenvalue weighted by atomic mass is 16.5. The van der Waals surface area contributed by atoms with E-state index in [4.69, 9.17) is 9.15 Å². The van der Waals surface area contributed by atoms with Crippen molar-refractivity contribution in [1.29, 1.82) is 0 Å². The summed E-state index contributed by atoms with van der Waals surface area (Å²) in [5.41, 5.74) is 0. The van der Waals surface area contributed by atoms with Gasteiger partial charge < -0.3 is 19.6 Å². The maximum Gasteiger partial charge on any atom is 0.120 e. The van der Waals surface area contributed by atoms with Crippen molar-refractivity contribution in [2.75, 3.05) is 19.8 Å². The van der Waals surface area contributed by atoms with Gasteiger partial charge in [-0.05, 0) is 26.0 Å². The van der Waals surface area contributed by atoms with Crippen LogP contribution in [0.15, 0.2) is 22.8 Å². The van der Waals surface area contributed by atoms with Gasteiger partial charge in [0.2, 0.25) is 0 Å². The summed E-state index contributed by atoms with van der Waals surface area (Å²) in [6, 6.07) is 3.87. The van der Waals surface area contributed by atoms with Gasteiger partial charge in [0.25, 0.3) is 0 Å². The van der Waals surface area contributed by atoms with Gasteiger partial charge in [-0.2, -0.15) is 0 Å². The van der Waals surface area contributed by atoms with E-state index in [1.165, 1.54) is 0 Å². The Labute approximate surface area is 90.2 Å². The summed E-state index contributed by atoms with van der Waals surface area (Å²) in [5, 5.41) is 12.7. The van der Waals surface area contributed by atoms with Gasteiger partial charge in [0.15, 0.2) is 0 Å². The lowest BCUT2D eigenvalue weighted by molar-refractivity contribution is 0.0413. The molecule has 0 radical (unpaired) electrons. The number of hydrogen-bond acceptors (Lipinski definition) is 4. The molecule has 0 amide bonds. The molecule has 0 bridgehead atoms. The lowest BCUT2D eigenvalue weighted by Gasteiger charge is -2.15. The minimum atomic E-state index is -0.470. The molecule has 0 aliphatic heterocycles. The van der Waals surface area contributed by atoms with Crippen LogP contribution in [0.25, 0.3) is 0 Å². The Morgan fingerprint density at radius 2 is 2.40 bits per heavy atom. The van der Waals surface area contributed by atoms with E-state index in [0.717, 1.165) is 5.76 Å². The topological polar surface area (TPSA) is 54.6 Å². The maximum atomic E-state index is 9.51. The van der Waals surface area contributed by atoms with Gasteiger partial charge in [0.05, 0.1) is 25.0 Å². The van der Waals surface area contributed by atoms with Gasteiger partial charge in [0.1, 0.15) is 5.76 Å². The summed E-state index contributed by atoms with van der Waals surface area (Å²) in [6.07, 6.45) is 1.17. The minimum Gasteiger partial charge on any atom is -0.468 e. The second-order valence-electron chi connectivity index (χ2n) is 3.46. The van der Waals surface area contributed by atoms with Crippen LogP contribution in [-0.2, 0) is 4.74 Å². The molecular formula is C11H19NO3. The number of aliphatic hydroxyl groups is 1. The van der Waals surface area contributed by atoms with Gasteiger partial charge in [-0.25, -0.2) is 0 Å². The first-order valence-electron chi connectivity index (χ1n) is 5.26. The molecule has 4 nitrogen and oxygen atoms in total. The van der Waals surface area contributed by atoms with Gasteiger partial charge in [-0.3, -0.25) is 0 Å². The van der Waals surface area contributed by atoms with Crippen LogP contribution in [0.4, 0.5) is 0 Å². The molecule has 2 atom stereocenters. The summed E-state index contributed by atoms with van der Waals surface area (Å²) in [4.78, 5) is 0. The van der Waals surface area contributed by atoms with Crippen molar-refractivity contribution in [3.8, 4) is 0 Å². The van der Waals surface area contributed by atoms with Gasteiger partial charge in [-0.15, -0.1) is 0 Å². The molecule has 1 rings (SSSR count). The second kappa shape index (κ2) is 6.61. The lowest BCUT2D eigenvalue weighted by atomic mass is 10.2. The third kappa shape index (κ3) is 4.46. The van der Waals surface area contributed by atoms with Crippen LogP contribution in [0.1, 0.15) is 25.6 Å². The number of hydrogen-bond donors (Lipinski definition) is 2. The zero-order valence-electron chi connectivity index (χ0n) is 9.27. The van der Waals surface area contributed by atoms with Crippen LogP contribution in [0.5, 0.6) is 0 Å². The summed E-state index contributed by atoms with van der Waals surface area (Å²) in [6.45, 7) is 5.40. The molecule has 0 saturated heterocycles. The predicted molar refractivity (Wildman–Crippen MR) is 57.6 cm³/mol. The Morgan fingerprint density at radius 3 is 3.00 bits per heavy atom. The average molecular weight is 213 g/mol. The normalized spacial score (nSPS) is 15.1. The Morgan fingerprint density at radius 1 is 1.60 bits per heavy atom. The highest BCUT2D eigenvalue weighted by molar-refractivity contribution is 5.02. The molecule has 4 heteroatoms. The third-order valence-corrected chi connectivity index (χ3v) is 2.14. The van der Waals surface area contributed by atoms with Crippen molar-refractivity contribution in [2.24, 2.45) is 0 Å². The van der Waals surface area contributed by atoms with Crippen LogP contribution in [0.3, 0.4) is 0 Å². The zero-order valence-corrected chi connectivity index (χ0v) is 9.27. The molecule has 86 valence electrons. The van der Waals surface area contributed by atoms with Crippen molar-refractivity contribution in [3.63, 3.8) is 0 Å². The second-order valence-corrected chi connectivity index (χ2v) is 3.46. The summed E-state index contributed by atoms with van der Waals surface area (Å²) in [5.74, 6) is 0.874. The monoisotopic (exact) mass is 213 g/mol. The average Bonchev–Trinajstić information content (AvgIpc) is 2.76. The largest absolute Gasteiger partial charge is 0.468 e. The van der Waals surface area contributed by atoms with Crippen molar-refractivity contribution in [2.45, 2.75) is 26.0 Å². The van der Waals surface area contributed by atoms with E-state index in [1.54, 1.807) is 6.26 Å². The fourth-order valence-electron chi connectivity index (χ4n) is 1.26. The Balaban J connectivity index is 2.19. The SMILES string of the molecule is CCOCC(O)CNC(C)c1ccco1. The van der Waals surface area contributed by atoms with Crippen LogP contribution in [0, 0.1) is 0 Å². The molecule has 1 aromatic heterocycles. The fraction of sp³-hybridized carbons (Fsp3) is 0.636. The maximum absolute atomic E-state index is 9.51. The van der Waals surface area contributed by atoms with Gasteiger partial charge in [-0.1, -0.05) is 0 Å². The van der Waals surface area contributed by atoms with Gasteiger partial charge >= 0.3 is 0 Å². The molecule has 1 aromatic rings. The molecule has 0 fully saturated rings. The molecule has 2 N–H and O–H groups in total. The Kier molecular flexibility index (Phi) is 5.39.